The van der Waals surface area contributed by atoms with Gasteiger partial charge in [0.15, 0.2) is 0 Å². The van der Waals surface area contributed by atoms with Crippen molar-refractivity contribution >= 4 is 23.0 Å². The molecule has 2 N–H and O–H groups in total. The highest BCUT2D eigenvalue weighted by Crippen LogP contribution is 2.16. The number of rotatable bonds is 4. The number of hydrogen-bond acceptors (Lipinski definition) is 3. The van der Waals surface area contributed by atoms with Gasteiger partial charge in [-0.2, -0.15) is 0 Å². The summed E-state index contributed by atoms with van der Waals surface area (Å²) in [5.74, 6) is -0.222. The van der Waals surface area contributed by atoms with Crippen molar-refractivity contribution in [1.82, 2.24) is 4.98 Å². The fraction of sp³-hybridized carbons (Fsp3) is 0.0526. The summed E-state index contributed by atoms with van der Waals surface area (Å²) in [7, 11) is 0. The molecule has 0 spiro atoms. The molecule has 0 fully saturated rings. The van der Waals surface area contributed by atoms with E-state index in [0.717, 1.165) is 22.6 Å². The van der Waals surface area contributed by atoms with Crippen LogP contribution in [0, 0.1) is 6.92 Å². The SMILES string of the molecule is Cc1ccc(NC(=O)c2ccc(Nc3ccccc3)cn2)cc1. The normalized spacial score (nSPS) is 10.1. The Balaban J connectivity index is 1.66. The van der Waals surface area contributed by atoms with E-state index >= 15 is 0 Å². The van der Waals surface area contributed by atoms with Crippen LogP contribution in [0.25, 0.3) is 0 Å². The summed E-state index contributed by atoms with van der Waals surface area (Å²) in [5, 5.41) is 6.06. The number of anilines is 3. The molecule has 0 aliphatic heterocycles. The van der Waals surface area contributed by atoms with Gasteiger partial charge in [-0.15, -0.1) is 0 Å². The zero-order valence-corrected chi connectivity index (χ0v) is 12.8. The first kappa shape index (κ1) is 14.8. The van der Waals surface area contributed by atoms with Crippen LogP contribution in [0.3, 0.4) is 0 Å². The van der Waals surface area contributed by atoms with Crippen molar-refractivity contribution in [3.63, 3.8) is 0 Å². The molecule has 0 unspecified atom stereocenters. The predicted octanol–water partition coefficient (Wildman–Crippen LogP) is 4.39. The number of aromatic nitrogens is 1. The van der Waals surface area contributed by atoms with Gasteiger partial charge in [0.2, 0.25) is 0 Å². The van der Waals surface area contributed by atoms with Gasteiger partial charge in [0.1, 0.15) is 5.69 Å². The van der Waals surface area contributed by atoms with E-state index in [0.29, 0.717) is 5.69 Å². The maximum atomic E-state index is 12.2. The molecule has 0 atom stereocenters. The van der Waals surface area contributed by atoms with E-state index in [1.807, 2.05) is 67.6 Å². The van der Waals surface area contributed by atoms with Crippen molar-refractivity contribution in [2.24, 2.45) is 0 Å². The molecule has 1 aromatic heterocycles. The van der Waals surface area contributed by atoms with E-state index in [1.54, 1.807) is 12.3 Å². The van der Waals surface area contributed by atoms with Crippen molar-refractivity contribution in [2.45, 2.75) is 6.92 Å². The van der Waals surface area contributed by atoms with Crippen LogP contribution < -0.4 is 10.6 Å². The second kappa shape index (κ2) is 6.75. The quantitative estimate of drug-likeness (QED) is 0.751. The van der Waals surface area contributed by atoms with Crippen LogP contribution in [0.2, 0.25) is 0 Å². The maximum absolute atomic E-state index is 12.2. The molecule has 2 aromatic carbocycles. The molecule has 4 heteroatoms. The highest BCUT2D eigenvalue weighted by molar-refractivity contribution is 6.02. The summed E-state index contributed by atoms with van der Waals surface area (Å²) >= 11 is 0. The molecule has 1 amide bonds. The molecule has 1 heterocycles. The molecule has 3 rings (SSSR count). The first-order chi connectivity index (χ1) is 11.2. The first-order valence-corrected chi connectivity index (χ1v) is 7.37. The Bertz CT molecular complexity index is 781. The lowest BCUT2D eigenvalue weighted by molar-refractivity contribution is 0.102. The molecular formula is C19H17N3O. The van der Waals surface area contributed by atoms with Crippen LogP contribution >= 0.6 is 0 Å². The Morgan fingerprint density at radius 3 is 2.17 bits per heavy atom. The number of carbonyl (C=O) groups excluding carboxylic acids is 1. The summed E-state index contributed by atoms with van der Waals surface area (Å²) in [4.78, 5) is 16.4. The lowest BCUT2D eigenvalue weighted by Crippen LogP contribution is -2.13. The standard InChI is InChI=1S/C19H17N3O/c1-14-7-9-16(10-8-14)22-19(23)18-12-11-17(13-20-18)21-15-5-3-2-4-6-15/h2-13,21H,1H3,(H,22,23). The van der Waals surface area contributed by atoms with E-state index in [9.17, 15) is 4.79 Å². The molecule has 0 saturated heterocycles. The smallest absolute Gasteiger partial charge is 0.274 e. The number of amides is 1. The molecule has 23 heavy (non-hydrogen) atoms. The third-order valence-corrected chi connectivity index (χ3v) is 3.37. The molecule has 0 bridgehead atoms. The highest BCUT2D eigenvalue weighted by Gasteiger charge is 2.07. The van der Waals surface area contributed by atoms with E-state index < -0.39 is 0 Å². The van der Waals surface area contributed by atoms with Crippen LogP contribution in [0.5, 0.6) is 0 Å². The van der Waals surface area contributed by atoms with Gasteiger partial charge >= 0.3 is 0 Å². The third-order valence-electron chi connectivity index (χ3n) is 3.37. The average Bonchev–Trinajstić information content (AvgIpc) is 2.58. The third kappa shape index (κ3) is 3.95. The molecule has 0 aliphatic rings. The lowest BCUT2D eigenvalue weighted by atomic mass is 10.2. The lowest BCUT2D eigenvalue weighted by Gasteiger charge is -2.08. The number of benzene rings is 2. The number of nitrogens with one attached hydrogen (secondary N) is 2. The number of hydrogen-bond donors (Lipinski definition) is 2. The first-order valence-electron chi connectivity index (χ1n) is 7.37. The van der Waals surface area contributed by atoms with E-state index in [2.05, 4.69) is 15.6 Å². The van der Waals surface area contributed by atoms with Gasteiger partial charge in [0.05, 0.1) is 11.9 Å². The maximum Gasteiger partial charge on any atom is 0.274 e. The Kier molecular flexibility index (Phi) is 4.34. The van der Waals surface area contributed by atoms with Gasteiger partial charge in [0.25, 0.3) is 5.91 Å². The Hall–Kier alpha value is -3.14. The Morgan fingerprint density at radius 1 is 0.826 bits per heavy atom. The minimum Gasteiger partial charge on any atom is -0.354 e. The van der Waals surface area contributed by atoms with Crippen molar-refractivity contribution < 1.29 is 4.79 Å². The minimum atomic E-state index is -0.222. The Labute approximate surface area is 135 Å². The summed E-state index contributed by atoms with van der Waals surface area (Å²) in [6.45, 7) is 2.01. The van der Waals surface area contributed by atoms with Crippen LogP contribution in [0.4, 0.5) is 17.1 Å². The zero-order chi connectivity index (χ0) is 16.1. The average molecular weight is 303 g/mol. The number of pyridine rings is 1. The van der Waals surface area contributed by atoms with Gasteiger partial charge in [-0.05, 0) is 43.3 Å². The zero-order valence-electron chi connectivity index (χ0n) is 12.8. The van der Waals surface area contributed by atoms with Crippen LogP contribution in [0.1, 0.15) is 16.1 Å². The van der Waals surface area contributed by atoms with Gasteiger partial charge in [-0.25, -0.2) is 4.98 Å². The van der Waals surface area contributed by atoms with Gasteiger partial charge in [0, 0.05) is 11.4 Å². The van der Waals surface area contributed by atoms with Crippen molar-refractivity contribution in [3.8, 4) is 0 Å². The summed E-state index contributed by atoms with van der Waals surface area (Å²) < 4.78 is 0. The van der Waals surface area contributed by atoms with Crippen molar-refractivity contribution in [3.05, 3.63) is 84.2 Å². The minimum absolute atomic E-state index is 0.222. The summed E-state index contributed by atoms with van der Waals surface area (Å²) in [5.41, 5.74) is 4.10. The highest BCUT2D eigenvalue weighted by atomic mass is 16.1. The summed E-state index contributed by atoms with van der Waals surface area (Å²) in [6, 6.07) is 21.0. The van der Waals surface area contributed by atoms with Crippen LogP contribution in [-0.2, 0) is 0 Å². The molecule has 0 saturated carbocycles. The summed E-state index contributed by atoms with van der Waals surface area (Å²) in [6.07, 6.45) is 1.65. The second-order valence-electron chi connectivity index (χ2n) is 5.24. The topological polar surface area (TPSA) is 54.0 Å². The van der Waals surface area contributed by atoms with E-state index in [-0.39, 0.29) is 5.91 Å². The molecule has 0 radical (unpaired) electrons. The Morgan fingerprint density at radius 2 is 1.52 bits per heavy atom. The molecule has 3 aromatic rings. The van der Waals surface area contributed by atoms with E-state index in [1.165, 1.54) is 0 Å². The van der Waals surface area contributed by atoms with Crippen molar-refractivity contribution in [2.75, 3.05) is 10.6 Å². The fourth-order valence-corrected chi connectivity index (χ4v) is 2.12. The number of para-hydroxylation sites is 1. The predicted molar refractivity (Wildman–Crippen MR) is 93.1 cm³/mol. The fourth-order valence-electron chi connectivity index (χ4n) is 2.12. The van der Waals surface area contributed by atoms with Gasteiger partial charge in [-0.1, -0.05) is 35.9 Å². The van der Waals surface area contributed by atoms with Gasteiger partial charge < -0.3 is 10.6 Å². The van der Waals surface area contributed by atoms with Crippen molar-refractivity contribution in [1.29, 1.82) is 0 Å². The number of aryl methyl sites for hydroxylation is 1. The molecule has 0 aliphatic carbocycles. The van der Waals surface area contributed by atoms with Crippen LogP contribution in [0.15, 0.2) is 72.9 Å². The number of carbonyl (C=O) groups is 1. The number of nitrogens with zero attached hydrogens (tertiary/aromatic N) is 1. The van der Waals surface area contributed by atoms with E-state index in [4.69, 9.17) is 0 Å². The second-order valence-corrected chi connectivity index (χ2v) is 5.24. The largest absolute Gasteiger partial charge is 0.354 e. The molecule has 4 nitrogen and oxygen atoms in total. The van der Waals surface area contributed by atoms with Crippen LogP contribution in [-0.4, -0.2) is 10.9 Å². The van der Waals surface area contributed by atoms with Gasteiger partial charge in [-0.3, -0.25) is 4.79 Å². The molecular weight excluding hydrogens is 286 g/mol. The molecule has 114 valence electrons. The monoisotopic (exact) mass is 303 g/mol.